The van der Waals surface area contributed by atoms with Gasteiger partial charge in [-0.15, -0.1) is 0 Å². The number of nitrogens with two attached hydrogens (primary N) is 1. The summed E-state index contributed by atoms with van der Waals surface area (Å²) in [6.45, 7) is 4.78. The molecule has 0 radical (unpaired) electrons. The Bertz CT molecular complexity index is 441. The monoisotopic (exact) mass is 248 g/mol. The highest BCUT2D eigenvalue weighted by atomic mass is 16.5. The Morgan fingerprint density at radius 3 is 2.83 bits per heavy atom. The van der Waals surface area contributed by atoms with Gasteiger partial charge >= 0.3 is 0 Å². The number of hydrogen-bond acceptors (Lipinski definition) is 3. The lowest BCUT2D eigenvalue weighted by Crippen LogP contribution is -2.36. The van der Waals surface area contributed by atoms with Crippen LogP contribution in [0.3, 0.4) is 0 Å². The molecule has 0 atom stereocenters. The topological polar surface area (TPSA) is 55.6 Å². The minimum atomic E-state index is 0.0425. The van der Waals surface area contributed by atoms with Crippen LogP contribution in [0.25, 0.3) is 0 Å². The average Bonchev–Trinajstić information content (AvgIpc) is 3.16. The number of carbonyl (C=O) groups excluding carboxylic acids is 1. The molecule has 0 aliphatic heterocycles. The van der Waals surface area contributed by atoms with Crippen LogP contribution in [0.1, 0.15) is 25.3 Å². The van der Waals surface area contributed by atoms with E-state index in [4.69, 9.17) is 10.5 Å². The Kier molecular flexibility index (Phi) is 3.75. The second kappa shape index (κ2) is 5.29. The van der Waals surface area contributed by atoms with Crippen LogP contribution in [0.2, 0.25) is 0 Å². The maximum Gasteiger partial charge on any atom is 0.260 e. The second-order valence-electron chi connectivity index (χ2n) is 4.74. The molecule has 18 heavy (non-hydrogen) atoms. The van der Waals surface area contributed by atoms with Crippen molar-refractivity contribution >= 4 is 11.6 Å². The molecular weight excluding hydrogens is 228 g/mol. The van der Waals surface area contributed by atoms with Gasteiger partial charge in [0.1, 0.15) is 5.75 Å². The molecule has 0 heterocycles. The summed E-state index contributed by atoms with van der Waals surface area (Å²) in [6, 6.07) is 6.01. The normalized spacial score (nSPS) is 14.3. The molecule has 1 aromatic carbocycles. The molecule has 2 rings (SSSR count). The number of nitrogen functional groups attached to an aromatic ring is 1. The first-order valence-corrected chi connectivity index (χ1v) is 6.40. The van der Waals surface area contributed by atoms with Gasteiger partial charge in [-0.2, -0.15) is 0 Å². The van der Waals surface area contributed by atoms with Crippen LogP contribution in [0, 0.1) is 6.92 Å². The maximum atomic E-state index is 12.0. The lowest BCUT2D eigenvalue weighted by atomic mass is 10.2. The van der Waals surface area contributed by atoms with Crippen LogP contribution >= 0.6 is 0 Å². The highest BCUT2D eigenvalue weighted by Crippen LogP contribution is 2.27. The van der Waals surface area contributed by atoms with Crippen LogP contribution in [0.15, 0.2) is 18.2 Å². The van der Waals surface area contributed by atoms with Crippen molar-refractivity contribution in [3.05, 3.63) is 23.8 Å². The van der Waals surface area contributed by atoms with E-state index < -0.39 is 0 Å². The summed E-state index contributed by atoms with van der Waals surface area (Å²) >= 11 is 0. The zero-order valence-electron chi connectivity index (χ0n) is 11.0. The SMILES string of the molecule is CCN(C(=O)COc1cc(C)ccc1N)C1CC1. The molecule has 1 amide bonds. The zero-order chi connectivity index (χ0) is 13.1. The smallest absolute Gasteiger partial charge is 0.260 e. The molecule has 0 bridgehead atoms. The molecule has 98 valence electrons. The van der Waals surface area contributed by atoms with Gasteiger partial charge in [-0.1, -0.05) is 6.07 Å². The molecule has 0 saturated heterocycles. The van der Waals surface area contributed by atoms with Gasteiger partial charge in [0, 0.05) is 12.6 Å². The number of carbonyl (C=O) groups is 1. The minimum absolute atomic E-state index is 0.0425. The van der Waals surface area contributed by atoms with E-state index in [1.54, 1.807) is 6.07 Å². The van der Waals surface area contributed by atoms with Crippen molar-refractivity contribution in [3.8, 4) is 5.75 Å². The van der Waals surface area contributed by atoms with E-state index in [-0.39, 0.29) is 12.5 Å². The van der Waals surface area contributed by atoms with E-state index in [2.05, 4.69) is 0 Å². The Morgan fingerprint density at radius 2 is 2.22 bits per heavy atom. The van der Waals surface area contributed by atoms with Crippen molar-refractivity contribution in [2.45, 2.75) is 32.7 Å². The lowest BCUT2D eigenvalue weighted by Gasteiger charge is -2.20. The number of benzene rings is 1. The summed E-state index contributed by atoms with van der Waals surface area (Å²) in [6.07, 6.45) is 2.23. The van der Waals surface area contributed by atoms with Gasteiger partial charge in [0.2, 0.25) is 0 Å². The molecule has 1 aliphatic carbocycles. The van der Waals surface area contributed by atoms with Gasteiger partial charge < -0.3 is 15.4 Å². The van der Waals surface area contributed by atoms with E-state index in [0.717, 1.165) is 24.9 Å². The minimum Gasteiger partial charge on any atom is -0.482 e. The van der Waals surface area contributed by atoms with Crippen molar-refractivity contribution in [3.63, 3.8) is 0 Å². The van der Waals surface area contributed by atoms with Gasteiger partial charge in [-0.05, 0) is 44.4 Å². The van der Waals surface area contributed by atoms with E-state index in [0.29, 0.717) is 17.5 Å². The molecule has 1 aliphatic rings. The molecule has 1 saturated carbocycles. The van der Waals surface area contributed by atoms with Crippen LogP contribution < -0.4 is 10.5 Å². The molecule has 4 heteroatoms. The largest absolute Gasteiger partial charge is 0.482 e. The van der Waals surface area contributed by atoms with E-state index >= 15 is 0 Å². The molecule has 0 spiro atoms. The third kappa shape index (κ3) is 2.94. The first-order chi connectivity index (χ1) is 8.61. The van der Waals surface area contributed by atoms with Crippen molar-refractivity contribution in [2.75, 3.05) is 18.9 Å². The quantitative estimate of drug-likeness (QED) is 0.810. The van der Waals surface area contributed by atoms with Crippen LogP contribution in [0.4, 0.5) is 5.69 Å². The first-order valence-electron chi connectivity index (χ1n) is 6.40. The molecule has 4 nitrogen and oxygen atoms in total. The predicted octanol–water partition coefficient (Wildman–Crippen LogP) is 1.97. The van der Waals surface area contributed by atoms with E-state index in [1.165, 1.54) is 0 Å². The van der Waals surface area contributed by atoms with Gasteiger partial charge in [0.05, 0.1) is 5.69 Å². The number of nitrogens with zero attached hydrogens (tertiary/aromatic N) is 1. The molecule has 0 unspecified atom stereocenters. The summed E-state index contributed by atoms with van der Waals surface area (Å²) < 4.78 is 5.52. The maximum absolute atomic E-state index is 12.0. The third-order valence-electron chi connectivity index (χ3n) is 3.17. The number of ether oxygens (including phenoxy) is 1. The summed E-state index contributed by atoms with van der Waals surface area (Å²) in [7, 11) is 0. The Labute approximate surface area is 108 Å². The number of likely N-dealkylation sites (N-methyl/N-ethyl adjacent to an activating group) is 1. The Balaban J connectivity index is 1.94. The highest BCUT2D eigenvalue weighted by molar-refractivity contribution is 5.78. The predicted molar refractivity (Wildman–Crippen MR) is 71.5 cm³/mol. The number of anilines is 1. The Morgan fingerprint density at radius 1 is 1.50 bits per heavy atom. The Hall–Kier alpha value is -1.71. The fourth-order valence-corrected chi connectivity index (χ4v) is 2.01. The van der Waals surface area contributed by atoms with Crippen molar-refractivity contribution in [1.82, 2.24) is 4.90 Å². The lowest BCUT2D eigenvalue weighted by molar-refractivity contribution is -0.133. The zero-order valence-corrected chi connectivity index (χ0v) is 11.0. The van der Waals surface area contributed by atoms with E-state index in [1.807, 2.05) is 30.9 Å². The van der Waals surface area contributed by atoms with Crippen molar-refractivity contribution in [1.29, 1.82) is 0 Å². The van der Waals surface area contributed by atoms with Crippen molar-refractivity contribution in [2.24, 2.45) is 0 Å². The fraction of sp³-hybridized carbons (Fsp3) is 0.500. The first kappa shape index (κ1) is 12.7. The standard InChI is InChI=1S/C14H20N2O2/c1-3-16(11-5-6-11)14(17)9-18-13-8-10(2)4-7-12(13)15/h4,7-8,11H,3,5-6,9,15H2,1-2H3. The molecule has 0 aromatic heterocycles. The number of hydrogen-bond donors (Lipinski definition) is 1. The number of aryl methyl sites for hydroxylation is 1. The van der Waals surface area contributed by atoms with Crippen LogP contribution in [0.5, 0.6) is 5.75 Å². The summed E-state index contributed by atoms with van der Waals surface area (Å²) in [5.74, 6) is 0.635. The average molecular weight is 248 g/mol. The highest BCUT2D eigenvalue weighted by Gasteiger charge is 2.31. The van der Waals surface area contributed by atoms with Crippen LogP contribution in [-0.4, -0.2) is 30.0 Å². The summed E-state index contributed by atoms with van der Waals surface area (Å²) in [5.41, 5.74) is 7.45. The van der Waals surface area contributed by atoms with Gasteiger partial charge in [0.15, 0.2) is 6.61 Å². The van der Waals surface area contributed by atoms with Crippen LogP contribution in [-0.2, 0) is 4.79 Å². The van der Waals surface area contributed by atoms with Crippen molar-refractivity contribution < 1.29 is 9.53 Å². The summed E-state index contributed by atoms with van der Waals surface area (Å²) in [5, 5.41) is 0. The van der Waals surface area contributed by atoms with E-state index in [9.17, 15) is 4.79 Å². The fourth-order valence-electron chi connectivity index (χ4n) is 2.01. The molecule has 1 aromatic rings. The number of amides is 1. The molecule has 1 fully saturated rings. The summed E-state index contributed by atoms with van der Waals surface area (Å²) in [4.78, 5) is 13.9. The van der Waals surface area contributed by atoms with Gasteiger partial charge in [0.25, 0.3) is 5.91 Å². The number of rotatable bonds is 5. The molecular formula is C14H20N2O2. The third-order valence-corrected chi connectivity index (χ3v) is 3.17. The van der Waals surface area contributed by atoms with Gasteiger partial charge in [-0.3, -0.25) is 4.79 Å². The second-order valence-corrected chi connectivity index (χ2v) is 4.74. The molecule has 2 N–H and O–H groups in total. The van der Waals surface area contributed by atoms with Gasteiger partial charge in [-0.25, -0.2) is 0 Å².